The van der Waals surface area contributed by atoms with Crippen LogP contribution in [-0.4, -0.2) is 39.0 Å². The normalized spacial score (nSPS) is 20.7. The molecule has 1 saturated heterocycles. The lowest BCUT2D eigenvalue weighted by Gasteiger charge is -2.21. The maximum Gasteiger partial charge on any atom is 0.150 e. The third-order valence-corrected chi connectivity index (χ3v) is 5.42. The maximum atomic E-state index is 5.99. The van der Waals surface area contributed by atoms with Crippen molar-refractivity contribution in [1.82, 2.24) is 9.97 Å². The summed E-state index contributed by atoms with van der Waals surface area (Å²) in [7, 11) is 0. The molecule has 0 spiro atoms. The Labute approximate surface area is 108 Å². The predicted octanol–water partition coefficient (Wildman–Crippen LogP) is 1.97. The van der Waals surface area contributed by atoms with Gasteiger partial charge in [0.25, 0.3) is 0 Å². The van der Waals surface area contributed by atoms with Crippen molar-refractivity contribution in [3.05, 3.63) is 11.3 Å². The van der Waals surface area contributed by atoms with Gasteiger partial charge in [-0.25, -0.2) is 9.97 Å². The van der Waals surface area contributed by atoms with E-state index in [1.54, 1.807) is 0 Å². The van der Waals surface area contributed by atoms with Crippen molar-refractivity contribution in [2.75, 3.05) is 34.9 Å². The molecule has 7 heteroatoms. The number of nitrogens with two attached hydrogens (primary N) is 1. The minimum absolute atomic E-state index is 0.324. The molecule has 0 aromatic carbocycles. The molecule has 3 N–H and O–H groups in total. The highest BCUT2D eigenvalue weighted by atomic mass is 35.5. The lowest BCUT2D eigenvalue weighted by Crippen LogP contribution is -2.23. The van der Waals surface area contributed by atoms with Gasteiger partial charge in [-0.15, -0.1) is 0 Å². The van der Waals surface area contributed by atoms with Crippen LogP contribution < -0.4 is 11.1 Å². The summed E-state index contributed by atoms with van der Waals surface area (Å²) >= 11 is 9.97. The van der Waals surface area contributed by atoms with Gasteiger partial charge in [-0.3, -0.25) is 0 Å². The van der Waals surface area contributed by atoms with E-state index in [1.807, 2.05) is 23.5 Å². The second-order valence-electron chi connectivity index (χ2n) is 3.37. The SMILES string of the molecule is Nc1ncnc(NCC2CSCCS2)c1Cl. The van der Waals surface area contributed by atoms with E-state index < -0.39 is 0 Å². The van der Waals surface area contributed by atoms with Crippen molar-refractivity contribution >= 4 is 46.8 Å². The summed E-state index contributed by atoms with van der Waals surface area (Å²) in [5.41, 5.74) is 5.60. The van der Waals surface area contributed by atoms with E-state index in [0.29, 0.717) is 21.9 Å². The highest BCUT2D eigenvalue weighted by molar-refractivity contribution is 8.06. The number of nitrogens with one attached hydrogen (secondary N) is 1. The summed E-state index contributed by atoms with van der Waals surface area (Å²) in [4.78, 5) is 7.89. The summed E-state index contributed by atoms with van der Waals surface area (Å²) in [6.07, 6.45) is 1.42. The summed E-state index contributed by atoms with van der Waals surface area (Å²) in [6, 6.07) is 0. The zero-order valence-corrected chi connectivity index (χ0v) is 11.0. The molecule has 2 heterocycles. The molecule has 1 fully saturated rings. The number of aromatic nitrogens is 2. The topological polar surface area (TPSA) is 63.8 Å². The third-order valence-electron chi connectivity index (χ3n) is 2.20. The molecule has 1 aromatic heterocycles. The van der Waals surface area contributed by atoms with Crippen molar-refractivity contribution in [2.24, 2.45) is 0 Å². The summed E-state index contributed by atoms with van der Waals surface area (Å²) < 4.78 is 0. The molecule has 1 aliphatic heterocycles. The highest BCUT2D eigenvalue weighted by Crippen LogP contribution is 2.26. The van der Waals surface area contributed by atoms with E-state index in [-0.39, 0.29) is 0 Å². The molecular formula is C9H13ClN4S2. The van der Waals surface area contributed by atoms with Gasteiger partial charge in [0.2, 0.25) is 0 Å². The zero-order valence-electron chi connectivity index (χ0n) is 8.65. The van der Waals surface area contributed by atoms with Crippen molar-refractivity contribution < 1.29 is 0 Å². The van der Waals surface area contributed by atoms with Gasteiger partial charge < -0.3 is 11.1 Å². The quantitative estimate of drug-likeness (QED) is 0.880. The highest BCUT2D eigenvalue weighted by Gasteiger charge is 2.15. The molecule has 88 valence electrons. The number of nitrogens with zero attached hydrogens (tertiary/aromatic N) is 2. The van der Waals surface area contributed by atoms with Crippen LogP contribution >= 0.6 is 35.1 Å². The van der Waals surface area contributed by atoms with Crippen molar-refractivity contribution in [3.63, 3.8) is 0 Å². The number of anilines is 2. The first-order valence-electron chi connectivity index (χ1n) is 4.96. The fourth-order valence-electron chi connectivity index (χ4n) is 1.37. The number of rotatable bonds is 3. The Hall–Kier alpha value is -0.330. The summed E-state index contributed by atoms with van der Waals surface area (Å²) in [5, 5.41) is 4.26. The fourth-order valence-corrected chi connectivity index (χ4v) is 4.15. The Bertz CT molecular complexity index is 357. The van der Waals surface area contributed by atoms with Crippen molar-refractivity contribution in [3.8, 4) is 0 Å². The van der Waals surface area contributed by atoms with Crippen LogP contribution in [0.15, 0.2) is 6.33 Å². The first-order chi connectivity index (χ1) is 7.77. The number of thioether (sulfide) groups is 2. The van der Waals surface area contributed by atoms with Crippen LogP contribution in [0.1, 0.15) is 0 Å². The minimum Gasteiger partial charge on any atom is -0.382 e. The van der Waals surface area contributed by atoms with Crippen LogP contribution in [0.2, 0.25) is 5.02 Å². The van der Waals surface area contributed by atoms with E-state index in [2.05, 4.69) is 15.3 Å². The lowest BCUT2D eigenvalue weighted by molar-refractivity contribution is 0.988. The van der Waals surface area contributed by atoms with E-state index in [1.165, 1.54) is 23.6 Å². The van der Waals surface area contributed by atoms with Gasteiger partial charge in [0, 0.05) is 29.1 Å². The Kier molecular flexibility index (Phi) is 4.43. The number of halogens is 1. The second-order valence-corrected chi connectivity index (χ2v) is 6.31. The predicted molar refractivity (Wildman–Crippen MR) is 73.5 cm³/mol. The molecule has 1 aromatic rings. The smallest absolute Gasteiger partial charge is 0.150 e. The van der Waals surface area contributed by atoms with E-state index >= 15 is 0 Å². The Morgan fingerprint density at radius 1 is 1.50 bits per heavy atom. The molecule has 1 unspecified atom stereocenters. The van der Waals surface area contributed by atoms with E-state index in [4.69, 9.17) is 17.3 Å². The number of hydrogen-bond donors (Lipinski definition) is 2. The van der Waals surface area contributed by atoms with Gasteiger partial charge in [-0.05, 0) is 0 Å². The van der Waals surface area contributed by atoms with Gasteiger partial charge in [-0.2, -0.15) is 23.5 Å². The van der Waals surface area contributed by atoms with Crippen molar-refractivity contribution in [2.45, 2.75) is 5.25 Å². The molecule has 0 radical (unpaired) electrons. The Balaban J connectivity index is 1.91. The average Bonchev–Trinajstić information content (AvgIpc) is 2.32. The molecule has 1 aliphatic rings. The first-order valence-corrected chi connectivity index (χ1v) is 7.54. The standard InChI is InChI=1S/C9H13ClN4S2/c10-7-8(11)13-5-14-9(7)12-3-6-4-15-1-2-16-6/h5-6H,1-4H2,(H3,11,12,13,14). The third kappa shape index (κ3) is 3.09. The van der Waals surface area contributed by atoms with Gasteiger partial charge in [0.1, 0.15) is 23.0 Å². The maximum absolute atomic E-state index is 5.99. The van der Waals surface area contributed by atoms with E-state index in [0.717, 1.165) is 6.54 Å². The van der Waals surface area contributed by atoms with Crippen LogP contribution in [0, 0.1) is 0 Å². The monoisotopic (exact) mass is 276 g/mol. The van der Waals surface area contributed by atoms with E-state index in [9.17, 15) is 0 Å². The number of nitrogen functional groups attached to an aromatic ring is 1. The Morgan fingerprint density at radius 2 is 2.38 bits per heavy atom. The summed E-state index contributed by atoms with van der Waals surface area (Å²) in [5.74, 6) is 4.60. The second kappa shape index (κ2) is 5.84. The van der Waals surface area contributed by atoms with Gasteiger partial charge >= 0.3 is 0 Å². The zero-order chi connectivity index (χ0) is 11.4. The molecule has 0 bridgehead atoms. The van der Waals surface area contributed by atoms with Crippen LogP contribution in [0.4, 0.5) is 11.6 Å². The Morgan fingerprint density at radius 3 is 3.12 bits per heavy atom. The first kappa shape index (κ1) is 12.1. The van der Waals surface area contributed by atoms with Crippen LogP contribution in [-0.2, 0) is 0 Å². The van der Waals surface area contributed by atoms with Crippen LogP contribution in [0.25, 0.3) is 0 Å². The molecule has 4 nitrogen and oxygen atoms in total. The molecule has 0 amide bonds. The molecule has 0 aliphatic carbocycles. The molecule has 2 rings (SSSR count). The lowest BCUT2D eigenvalue weighted by atomic mass is 10.4. The molecule has 0 saturated carbocycles. The van der Waals surface area contributed by atoms with Crippen LogP contribution in [0.5, 0.6) is 0 Å². The van der Waals surface area contributed by atoms with Gasteiger partial charge in [-0.1, -0.05) is 11.6 Å². The number of hydrogen-bond acceptors (Lipinski definition) is 6. The molecular weight excluding hydrogens is 264 g/mol. The fraction of sp³-hybridized carbons (Fsp3) is 0.556. The average molecular weight is 277 g/mol. The minimum atomic E-state index is 0.324. The van der Waals surface area contributed by atoms with Crippen LogP contribution in [0.3, 0.4) is 0 Å². The molecule has 1 atom stereocenters. The van der Waals surface area contributed by atoms with Gasteiger partial charge in [0.05, 0.1) is 0 Å². The van der Waals surface area contributed by atoms with Crippen molar-refractivity contribution in [1.29, 1.82) is 0 Å². The van der Waals surface area contributed by atoms with Gasteiger partial charge in [0.15, 0.2) is 0 Å². The summed E-state index contributed by atoms with van der Waals surface area (Å²) in [6.45, 7) is 0.869. The molecule has 16 heavy (non-hydrogen) atoms. The largest absolute Gasteiger partial charge is 0.382 e.